The number of carbonyl (C=O) groups is 1. The average molecular weight is 378 g/mol. The van der Waals surface area contributed by atoms with Crippen molar-refractivity contribution in [3.05, 3.63) is 47.9 Å². The van der Waals surface area contributed by atoms with E-state index in [4.69, 9.17) is 9.15 Å². The van der Waals surface area contributed by atoms with Crippen LogP contribution in [0.5, 0.6) is 0 Å². The fraction of sp³-hybridized carbons (Fsp3) is 0.389. The second-order valence-corrected chi connectivity index (χ2v) is 8.39. The van der Waals surface area contributed by atoms with E-state index in [0.717, 1.165) is 0 Å². The zero-order chi connectivity index (χ0) is 18.9. The molecule has 7 nitrogen and oxygen atoms in total. The first kappa shape index (κ1) is 18.6. The van der Waals surface area contributed by atoms with Gasteiger partial charge in [-0.2, -0.15) is 4.31 Å². The summed E-state index contributed by atoms with van der Waals surface area (Å²) in [6, 6.07) is 7.74. The minimum atomic E-state index is -3.60. The number of furan rings is 1. The lowest BCUT2D eigenvalue weighted by Gasteiger charge is -2.34. The Kier molecular flexibility index (Phi) is 5.17. The maximum absolute atomic E-state index is 12.8. The summed E-state index contributed by atoms with van der Waals surface area (Å²) in [5.74, 6) is 0.222. The lowest BCUT2D eigenvalue weighted by molar-refractivity contribution is -0.0440. The van der Waals surface area contributed by atoms with E-state index in [1.807, 2.05) is 13.8 Å². The number of ether oxygens (including phenoxy) is 1. The van der Waals surface area contributed by atoms with Gasteiger partial charge < -0.3 is 14.5 Å². The van der Waals surface area contributed by atoms with E-state index in [1.165, 1.54) is 22.7 Å². The first-order chi connectivity index (χ1) is 12.3. The Hall–Kier alpha value is -2.16. The monoisotopic (exact) mass is 378 g/mol. The summed E-state index contributed by atoms with van der Waals surface area (Å²) in [5.41, 5.74) is 0.955. The standard InChI is InChI=1S/C18H22N2O5S/c1-12-10-20(11-13(2)25-12)26(22,23)16-6-4-15(5-7-16)19-18(21)17-8-9-24-14(17)3/h4-9,12-13H,10-11H2,1-3H3,(H,19,21). The van der Waals surface area contributed by atoms with Gasteiger partial charge in [-0.25, -0.2) is 8.42 Å². The molecule has 2 atom stereocenters. The molecule has 0 radical (unpaired) electrons. The average Bonchev–Trinajstić information content (AvgIpc) is 3.00. The maximum atomic E-state index is 12.8. The Labute approximate surface area is 153 Å². The van der Waals surface area contributed by atoms with Gasteiger partial charge in [0.05, 0.1) is 28.9 Å². The van der Waals surface area contributed by atoms with Crippen LogP contribution >= 0.6 is 0 Å². The third kappa shape index (κ3) is 3.82. The van der Waals surface area contributed by atoms with Crippen LogP contribution in [0.2, 0.25) is 0 Å². The lowest BCUT2D eigenvalue weighted by Crippen LogP contribution is -2.48. The number of rotatable bonds is 4. The van der Waals surface area contributed by atoms with Crippen molar-refractivity contribution in [1.82, 2.24) is 4.31 Å². The summed E-state index contributed by atoms with van der Waals surface area (Å²) in [7, 11) is -3.60. The highest BCUT2D eigenvalue weighted by Gasteiger charge is 2.32. The van der Waals surface area contributed by atoms with Gasteiger partial charge in [-0.05, 0) is 51.1 Å². The number of benzene rings is 1. The van der Waals surface area contributed by atoms with Gasteiger partial charge in [0, 0.05) is 18.8 Å². The molecule has 0 saturated carbocycles. The van der Waals surface area contributed by atoms with Crippen LogP contribution < -0.4 is 5.32 Å². The van der Waals surface area contributed by atoms with E-state index < -0.39 is 10.0 Å². The molecule has 1 amide bonds. The number of morpholine rings is 1. The summed E-state index contributed by atoms with van der Waals surface area (Å²) in [4.78, 5) is 12.4. The SMILES string of the molecule is Cc1occc1C(=O)Nc1ccc(S(=O)(=O)N2CC(C)OC(C)C2)cc1. The van der Waals surface area contributed by atoms with Crippen molar-refractivity contribution in [2.45, 2.75) is 37.9 Å². The summed E-state index contributed by atoms with van der Waals surface area (Å²) in [6.45, 7) is 6.06. The molecule has 1 aliphatic heterocycles. The van der Waals surface area contributed by atoms with E-state index in [1.54, 1.807) is 25.1 Å². The van der Waals surface area contributed by atoms with Crippen LogP contribution in [0, 0.1) is 6.92 Å². The van der Waals surface area contributed by atoms with Gasteiger partial charge in [0.25, 0.3) is 5.91 Å². The predicted octanol–water partition coefficient (Wildman–Crippen LogP) is 2.64. The van der Waals surface area contributed by atoms with E-state index in [0.29, 0.717) is 30.1 Å². The van der Waals surface area contributed by atoms with Crippen LogP contribution in [-0.4, -0.2) is 43.9 Å². The van der Waals surface area contributed by atoms with Crippen molar-refractivity contribution in [2.75, 3.05) is 18.4 Å². The van der Waals surface area contributed by atoms with Crippen molar-refractivity contribution in [3.8, 4) is 0 Å². The zero-order valence-electron chi connectivity index (χ0n) is 14.9. The highest BCUT2D eigenvalue weighted by atomic mass is 32.2. The third-order valence-corrected chi connectivity index (χ3v) is 6.09. The largest absolute Gasteiger partial charge is 0.469 e. The Balaban J connectivity index is 1.74. The second kappa shape index (κ2) is 7.22. The Morgan fingerprint density at radius 2 is 1.73 bits per heavy atom. The Bertz CT molecular complexity index is 879. The Morgan fingerprint density at radius 3 is 2.27 bits per heavy atom. The molecule has 8 heteroatoms. The van der Waals surface area contributed by atoms with Crippen LogP contribution in [0.25, 0.3) is 0 Å². The van der Waals surface area contributed by atoms with E-state index in [2.05, 4.69) is 5.32 Å². The van der Waals surface area contributed by atoms with Crippen LogP contribution in [0.15, 0.2) is 45.9 Å². The summed E-state index contributed by atoms with van der Waals surface area (Å²) in [5, 5.41) is 2.73. The van der Waals surface area contributed by atoms with Gasteiger partial charge >= 0.3 is 0 Å². The first-order valence-corrected chi connectivity index (χ1v) is 9.82. The zero-order valence-corrected chi connectivity index (χ0v) is 15.7. The molecule has 3 rings (SSSR count). The number of nitrogens with zero attached hydrogens (tertiary/aromatic N) is 1. The van der Waals surface area contributed by atoms with Crippen LogP contribution in [-0.2, 0) is 14.8 Å². The lowest BCUT2D eigenvalue weighted by atomic mass is 10.2. The number of nitrogens with one attached hydrogen (secondary N) is 1. The molecule has 1 aromatic heterocycles. The third-order valence-electron chi connectivity index (χ3n) is 4.24. The van der Waals surface area contributed by atoms with Gasteiger partial charge in [0.15, 0.2) is 0 Å². The molecular weight excluding hydrogens is 356 g/mol. The minimum Gasteiger partial charge on any atom is -0.469 e. The first-order valence-electron chi connectivity index (χ1n) is 8.38. The van der Waals surface area contributed by atoms with Gasteiger partial charge in [-0.15, -0.1) is 0 Å². The minimum absolute atomic E-state index is 0.148. The summed E-state index contributed by atoms with van der Waals surface area (Å²) >= 11 is 0. The fourth-order valence-electron chi connectivity index (χ4n) is 3.01. The van der Waals surface area contributed by atoms with E-state index in [9.17, 15) is 13.2 Å². The second-order valence-electron chi connectivity index (χ2n) is 6.45. The molecule has 26 heavy (non-hydrogen) atoms. The quantitative estimate of drug-likeness (QED) is 0.883. The molecule has 1 aliphatic rings. The molecule has 140 valence electrons. The molecule has 0 bridgehead atoms. The fourth-order valence-corrected chi connectivity index (χ4v) is 4.60. The van der Waals surface area contributed by atoms with Crippen molar-refractivity contribution in [2.24, 2.45) is 0 Å². The molecule has 2 heterocycles. The molecule has 1 N–H and O–H groups in total. The number of hydrogen-bond acceptors (Lipinski definition) is 5. The van der Waals surface area contributed by atoms with E-state index >= 15 is 0 Å². The number of amides is 1. The summed E-state index contributed by atoms with van der Waals surface area (Å²) in [6.07, 6.45) is 1.15. The van der Waals surface area contributed by atoms with Crippen molar-refractivity contribution < 1.29 is 22.4 Å². The van der Waals surface area contributed by atoms with Crippen molar-refractivity contribution in [3.63, 3.8) is 0 Å². The number of aryl methyl sites for hydroxylation is 1. The number of sulfonamides is 1. The topological polar surface area (TPSA) is 88.8 Å². The van der Waals surface area contributed by atoms with Gasteiger partial charge in [0.1, 0.15) is 5.76 Å². The number of hydrogen-bond donors (Lipinski definition) is 1. The molecule has 2 aromatic rings. The van der Waals surface area contributed by atoms with Gasteiger partial charge in [0.2, 0.25) is 10.0 Å². The molecular formula is C18H22N2O5S. The molecule has 1 aromatic carbocycles. The van der Waals surface area contributed by atoms with Crippen LogP contribution in [0.1, 0.15) is 30.0 Å². The predicted molar refractivity (Wildman–Crippen MR) is 96.6 cm³/mol. The number of carbonyl (C=O) groups excluding carboxylic acids is 1. The normalized spacial score (nSPS) is 21.5. The maximum Gasteiger partial charge on any atom is 0.259 e. The summed E-state index contributed by atoms with van der Waals surface area (Å²) < 4.78 is 37.8. The highest BCUT2D eigenvalue weighted by Crippen LogP contribution is 2.23. The van der Waals surface area contributed by atoms with Crippen LogP contribution in [0.4, 0.5) is 5.69 Å². The van der Waals surface area contributed by atoms with Gasteiger partial charge in [-0.1, -0.05) is 0 Å². The smallest absolute Gasteiger partial charge is 0.259 e. The molecule has 1 fully saturated rings. The highest BCUT2D eigenvalue weighted by molar-refractivity contribution is 7.89. The van der Waals surface area contributed by atoms with Crippen molar-refractivity contribution in [1.29, 1.82) is 0 Å². The van der Waals surface area contributed by atoms with Gasteiger partial charge in [-0.3, -0.25) is 4.79 Å². The van der Waals surface area contributed by atoms with Crippen molar-refractivity contribution >= 4 is 21.6 Å². The molecule has 0 aliphatic carbocycles. The van der Waals surface area contributed by atoms with Crippen LogP contribution in [0.3, 0.4) is 0 Å². The molecule has 2 unspecified atom stereocenters. The number of anilines is 1. The van der Waals surface area contributed by atoms with E-state index in [-0.39, 0.29) is 23.0 Å². The molecule has 0 spiro atoms. The molecule has 1 saturated heterocycles. The Morgan fingerprint density at radius 1 is 1.12 bits per heavy atom.